The molecule has 17 nitrogen and oxygen atoms in total. The van der Waals surface area contributed by atoms with Gasteiger partial charge in [-0.3, -0.25) is 4.79 Å². The van der Waals surface area contributed by atoms with Gasteiger partial charge in [-0.15, -0.1) is 0 Å². The van der Waals surface area contributed by atoms with Gasteiger partial charge in [0.25, 0.3) is 0 Å². The number of hydrogen-bond acceptors (Lipinski definition) is 17. The zero-order chi connectivity index (χ0) is 47.6. The SMILES string of the molecule is C[C@@H]1O[C@@H](O[C@H]2[C@H](OC(=O)[C@]34CCC(C)(C)C[C@@H]3C3=CC[C@H]5[C@@]6(C)CC[C@H](O[C@@H]7O[C@H](CO)[C@@H](O)[C@H](O)[C@H]7O)C(C)(C)[C@H]6CC[C@@]5(C)[C@]3(C)CC4)O[C@H](CO)[C@@H](O)[C@@H]2O)[C@H](O)[C@H](O)[C@H]1O. The van der Waals surface area contributed by atoms with E-state index in [-0.39, 0.29) is 45.0 Å². The Morgan fingerprint density at radius 2 is 1.23 bits per heavy atom. The van der Waals surface area contributed by atoms with Crippen molar-refractivity contribution in [2.24, 2.45) is 50.2 Å². The molecule has 4 saturated carbocycles. The van der Waals surface area contributed by atoms with Crippen LogP contribution in [0.1, 0.15) is 120 Å². The molecule has 372 valence electrons. The number of hydrogen-bond donors (Lipinski definition) is 10. The summed E-state index contributed by atoms with van der Waals surface area (Å²) in [7, 11) is 0. The summed E-state index contributed by atoms with van der Waals surface area (Å²) in [6.07, 6.45) is -12.4. The highest BCUT2D eigenvalue weighted by Crippen LogP contribution is 2.76. The lowest BCUT2D eigenvalue weighted by Crippen LogP contribution is -2.66. The Bertz CT molecular complexity index is 1780. The number of esters is 1. The standard InChI is InChI=1S/C48H78O17/c1-22-30(51)33(54)36(57)39(60-22)64-38-35(56)32(53)26(21-50)62-41(38)65-42(59)48-17-15-43(2,3)19-24(48)23-9-10-28-45(6)13-12-29(63-40-37(58)34(55)31(52)25(20-49)61-40)44(4,5)27(45)11-14-47(28,8)46(23,7)16-18-48/h9,22,24-41,49-58H,10-21H2,1-8H3/t22-,24+,25+,26+,27+,28-,29-,30-,31+,32+,33+,34-,35-,36+,37+,38+,39-,40-,41-,45-,46+,47+,48-/m0/s1. The molecule has 5 aliphatic carbocycles. The van der Waals surface area contributed by atoms with E-state index in [4.69, 9.17) is 28.4 Å². The van der Waals surface area contributed by atoms with E-state index in [0.29, 0.717) is 25.2 Å². The van der Waals surface area contributed by atoms with Crippen LogP contribution in [0.25, 0.3) is 0 Å². The van der Waals surface area contributed by atoms with E-state index in [1.165, 1.54) is 12.5 Å². The van der Waals surface area contributed by atoms with Crippen molar-refractivity contribution in [2.45, 2.75) is 218 Å². The fourth-order valence-electron chi connectivity index (χ4n) is 15.0. The Morgan fingerprint density at radius 3 is 1.88 bits per heavy atom. The third-order valence-corrected chi connectivity index (χ3v) is 19.3. The number of aliphatic hydroxyl groups excluding tert-OH is 10. The molecule has 3 heterocycles. The summed E-state index contributed by atoms with van der Waals surface area (Å²) in [5.41, 5.74) is -0.660. The fraction of sp³-hybridized carbons (Fsp3) is 0.938. The summed E-state index contributed by atoms with van der Waals surface area (Å²) in [4.78, 5) is 15.2. The average Bonchev–Trinajstić information content (AvgIpc) is 3.25. The zero-order valence-corrected chi connectivity index (χ0v) is 39.4. The molecule has 3 aliphatic heterocycles. The van der Waals surface area contributed by atoms with E-state index in [1.54, 1.807) is 0 Å². The van der Waals surface area contributed by atoms with Crippen LogP contribution in [0.2, 0.25) is 0 Å². The van der Waals surface area contributed by atoms with Crippen molar-refractivity contribution in [3.63, 3.8) is 0 Å². The maximum atomic E-state index is 15.2. The van der Waals surface area contributed by atoms with E-state index in [9.17, 15) is 51.1 Å². The number of carbonyl (C=O) groups is 1. The highest BCUT2D eigenvalue weighted by Gasteiger charge is 2.70. The Balaban J connectivity index is 1.06. The quantitative estimate of drug-likeness (QED) is 0.0930. The first kappa shape index (κ1) is 50.0. The van der Waals surface area contributed by atoms with Crippen LogP contribution < -0.4 is 0 Å². The lowest BCUT2D eigenvalue weighted by atomic mass is 9.33. The van der Waals surface area contributed by atoms with Gasteiger partial charge in [-0.25, -0.2) is 0 Å². The van der Waals surface area contributed by atoms with Crippen LogP contribution in [0.3, 0.4) is 0 Å². The van der Waals surface area contributed by atoms with Gasteiger partial charge in [0.1, 0.15) is 61.0 Å². The van der Waals surface area contributed by atoms with E-state index in [0.717, 1.165) is 44.9 Å². The average molecular weight is 927 g/mol. The van der Waals surface area contributed by atoms with Gasteiger partial charge in [-0.1, -0.05) is 60.1 Å². The molecule has 0 aromatic carbocycles. The zero-order valence-electron chi connectivity index (χ0n) is 39.4. The summed E-state index contributed by atoms with van der Waals surface area (Å²) in [6, 6.07) is 0. The summed E-state index contributed by atoms with van der Waals surface area (Å²) >= 11 is 0. The maximum Gasteiger partial charge on any atom is 0.315 e. The maximum absolute atomic E-state index is 15.2. The topological polar surface area (TPSA) is 275 Å². The fourth-order valence-corrected chi connectivity index (χ4v) is 15.0. The van der Waals surface area contributed by atoms with Gasteiger partial charge < -0.3 is 79.5 Å². The second-order valence-corrected chi connectivity index (χ2v) is 23.4. The van der Waals surface area contributed by atoms with Crippen LogP contribution >= 0.6 is 0 Å². The molecule has 0 amide bonds. The molecule has 0 aromatic rings. The smallest absolute Gasteiger partial charge is 0.315 e. The lowest BCUT2D eigenvalue weighted by Gasteiger charge is -2.71. The molecule has 8 rings (SSSR count). The molecular weight excluding hydrogens is 849 g/mol. The van der Waals surface area contributed by atoms with Gasteiger partial charge in [0, 0.05) is 0 Å². The first-order valence-corrected chi connectivity index (χ1v) is 24.2. The lowest BCUT2D eigenvalue weighted by molar-refractivity contribution is -0.361. The molecule has 0 aromatic heterocycles. The van der Waals surface area contributed by atoms with Crippen molar-refractivity contribution in [1.82, 2.24) is 0 Å². The highest BCUT2D eigenvalue weighted by atomic mass is 16.8. The Kier molecular flexibility index (Phi) is 13.4. The largest absolute Gasteiger partial charge is 0.432 e. The van der Waals surface area contributed by atoms with E-state index < -0.39 is 117 Å². The minimum absolute atomic E-state index is 0.0931. The monoisotopic (exact) mass is 927 g/mol. The van der Waals surface area contributed by atoms with Gasteiger partial charge in [-0.2, -0.15) is 0 Å². The van der Waals surface area contributed by atoms with Crippen molar-refractivity contribution in [3.05, 3.63) is 11.6 Å². The van der Waals surface area contributed by atoms with Crippen LogP contribution in [0.15, 0.2) is 11.6 Å². The minimum Gasteiger partial charge on any atom is -0.432 e. The molecule has 0 bridgehead atoms. The predicted octanol–water partition coefficient (Wildman–Crippen LogP) is 1.17. The van der Waals surface area contributed by atoms with Crippen LogP contribution in [0.4, 0.5) is 0 Å². The number of allylic oxidation sites excluding steroid dienone is 2. The summed E-state index contributed by atoms with van der Waals surface area (Å²) in [5.74, 6) is -0.188. The number of fused-ring (bicyclic) bond motifs is 7. The molecule has 0 spiro atoms. The van der Waals surface area contributed by atoms with E-state index in [2.05, 4.69) is 54.5 Å². The van der Waals surface area contributed by atoms with E-state index in [1.807, 2.05) is 0 Å². The van der Waals surface area contributed by atoms with E-state index >= 15 is 4.79 Å². The van der Waals surface area contributed by atoms with Crippen molar-refractivity contribution >= 4 is 5.97 Å². The first-order valence-electron chi connectivity index (χ1n) is 24.2. The second-order valence-electron chi connectivity index (χ2n) is 23.4. The number of aliphatic hydroxyl groups is 10. The number of ether oxygens (including phenoxy) is 6. The highest BCUT2D eigenvalue weighted by molar-refractivity contribution is 5.79. The first-order chi connectivity index (χ1) is 30.3. The van der Waals surface area contributed by atoms with Crippen molar-refractivity contribution in [2.75, 3.05) is 13.2 Å². The van der Waals surface area contributed by atoms with Gasteiger partial charge >= 0.3 is 5.97 Å². The van der Waals surface area contributed by atoms with Crippen LogP contribution in [0, 0.1) is 50.2 Å². The Hall–Kier alpha value is -1.39. The van der Waals surface area contributed by atoms with Crippen LogP contribution in [-0.2, 0) is 33.2 Å². The van der Waals surface area contributed by atoms with Gasteiger partial charge in [0.15, 0.2) is 18.7 Å². The van der Waals surface area contributed by atoms with Crippen molar-refractivity contribution < 1.29 is 84.3 Å². The molecule has 0 radical (unpaired) electrons. The van der Waals surface area contributed by atoms with Crippen molar-refractivity contribution in [1.29, 1.82) is 0 Å². The normalized spacial score (nSPS) is 53.9. The van der Waals surface area contributed by atoms with Gasteiger partial charge in [0.2, 0.25) is 6.29 Å². The third kappa shape index (κ3) is 7.81. The minimum atomic E-state index is -1.75. The summed E-state index contributed by atoms with van der Waals surface area (Å²) < 4.78 is 36.2. The molecular formula is C48H78O17. The predicted molar refractivity (Wildman–Crippen MR) is 229 cm³/mol. The molecule has 10 N–H and O–H groups in total. The number of carbonyl (C=O) groups excluding carboxylic acids is 1. The molecule has 3 saturated heterocycles. The molecule has 0 unspecified atom stereocenters. The summed E-state index contributed by atoms with van der Waals surface area (Å²) in [6.45, 7) is 16.4. The second kappa shape index (κ2) is 17.5. The van der Waals surface area contributed by atoms with Gasteiger partial charge in [0.05, 0.1) is 30.8 Å². The van der Waals surface area contributed by atoms with Crippen LogP contribution in [0.5, 0.6) is 0 Å². The third-order valence-electron chi connectivity index (χ3n) is 19.3. The molecule has 8 aliphatic rings. The Morgan fingerprint density at radius 1 is 0.646 bits per heavy atom. The molecule has 65 heavy (non-hydrogen) atoms. The van der Waals surface area contributed by atoms with Crippen LogP contribution in [-0.4, -0.2) is 168 Å². The molecule has 17 heteroatoms. The molecule has 7 fully saturated rings. The van der Waals surface area contributed by atoms with Crippen molar-refractivity contribution in [3.8, 4) is 0 Å². The summed E-state index contributed by atoms with van der Waals surface area (Å²) in [5, 5.41) is 106. The Labute approximate surface area is 382 Å². The number of rotatable bonds is 8. The van der Waals surface area contributed by atoms with Gasteiger partial charge in [-0.05, 0) is 116 Å². The molecule has 23 atom stereocenters.